The highest BCUT2D eigenvalue weighted by molar-refractivity contribution is 14.0. The molecule has 1 N–H and O–H groups in total. The van der Waals surface area contributed by atoms with Crippen molar-refractivity contribution in [2.75, 3.05) is 27.2 Å². The van der Waals surface area contributed by atoms with Crippen molar-refractivity contribution in [3.05, 3.63) is 30.6 Å². The maximum absolute atomic E-state index is 4.34. The number of guanidine groups is 1. The zero-order chi connectivity index (χ0) is 16.2. The summed E-state index contributed by atoms with van der Waals surface area (Å²) in [5.41, 5.74) is 1.21. The van der Waals surface area contributed by atoms with Crippen LogP contribution in [-0.2, 0) is 6.54 Å². The van der Waals surface area contributed by atoms with Gasteiger partial charge < -0.3 is 10.2 Å². The Morgan fingerprint density at radius 1 is 1.39 bits per heavy atom. The predicted octanol–water partition coefficient (Wildman–Crippen LogP) is 3.45. The molecule has 5 nitrogen and oxygen atoms in total. The molecule has 0 aromatic carbocycles. The number of allylic oxidation sites excluding steroid dienone is 1. The Kier molecular flexibility index (Phi) is 12.8. The lowest BCUT2D eigenvalue weighted by Gasteiger charge is -2.22. The number of hydrogen-bond donors (Lipinski definition) is 1. The van der Waals surface area contributed by atoms with Crippen molar-refractivity contribution < 1.29 is 0 Å². The van der Waals surface area contributed by atoms with Crippen molar-refractivity contribution in [3.63, 3.8) is 0 Å². The molecule has 132 valence electrons. The molecule has 1 rings (SSSR count). The van der Waals surface area contributed by atoms with E-state index in [1.807, 2.05) is 24.0 Å². The molecular weight excluding hydrogens is 401 g/mol. The van der Waals surface area contributed by atoms with Gasteiger partial charge >= 0.3 is 0 Å². The van der Waals surface area contributed by atoms with Crippen LogP contribution in [-0.4, -0.2) is 47.8 Å². The predicted molar refractivity (Wildman–Crippen MR) is 110 cm³/mol. The first-order valence-electron chi connectivity index (χ1n) is 8.19. The number of halogens is 1. The number of nitrogens with zero attached hydrogens (tertiary/aromatic N) is 4. The van der Waals surface area contributed by atoms with E-state index in [1.54, 1.807) is 0 Å². The Labute approximate surface area is 158 Å². The zero-order valence-corrected chi connectivity index (χ0v) is 17.1. The van der Waals surface area contributed by atoms with Gasteiger partial charge in [-0.15, -0.1) is 30.6 Å². The van der Waals surface area contributed by atoms with Crippen LogP contribution < -0.4 is 5.32 Å². The molecule has 0 unspecified atom stereocenters. The second kappa shape index (κ2) is 13.4. The summed E-state index contributed by atoms with van der Waals surface area (Å²) in [6.45, 7) is 8.70. The summed E-state index contributed by atoms with van der Waals surface area (Å²) in [5, 5.41) is 7.71. The molecule has 0 aliphatic rings. The first-order valence-corrected chi connectivity index (χ1v) is 8.19. The summed E-state index contributed by atoms with van der Waals surface area (Å²) in [5.74, 6) is 0.973. The minimum atomic E-state index is 0. The van der Waals surface area contributed by atoms with Crippen LogP contribution in [0, 0.1) is 6.92 Å². The van der Waals surface area contributed by atoms with Gasteiger partial charge in [0.2, 0.25) is 0 Å². The summed E-state index contributed by atoms with van der Waals surface area (Å²) in [7, 11) is 3.94. The highest BCUT2D eigenvalue weighted by Crippen LogP contribution is 2.01. The number of nitrogens with one attached hydrogen (secondary N) is 1. The molecule has 6 heteroatoms. The van der Waals surface area contributed by atoms with Crippen molar-refractivity contribution in [2.24, 2.45) is 4.99 Å². The zero-order valence-electron chi connectivity index (χ0n) is 14.8. The van der Waals surface area contributed by atoms with E-state index < -0.39 is 0 Å². The van der Waals surface area contributed by atoms with Gasteiger partial charge in [0, 0.05) is 39.9 Å². The normalized spacial score (nSPS) is 11.0. The minimum Gasteiger partial charge on any atom is -0.356 e. The van der Waals surface area contributed by atoms with Crippen LogP contribution in [0.4, 0.5) is 0 Å². The van der Waals surface area contributed by atoms with Gasteiger partial charge in [-0.05, 0) is 38.2 Å². The van der Waals surface area contributed by atoms with Gasteiger partial charge in [-0.3, -0.25) is 9.67 Å². The fourth-order valence-electron chi connectivity index (χ4n) is 2.34. The number of rotatable bonds is 10. The lowest BCUT2D eigenvalue weighted by molar-refractivity contribution is 0.452. The molecular formula is C17H32IN5. The Hall–Kier alpha value is -1.05. The minimum absolute atomic E-state index is 0. The van der Waals surface area contributed by atoms with Gasteiger partial charge in [0.15, 0.2) is 5.96 Å². The summed E-state index contributed by atoms with van der Waals surface area (Å²) in [4.78, 5) is 6.54. The van der Waals surface area contributed by atoms with E-state index in [0.717, 1.165) is 38.4 Å². The average Bonchev–Trinajstić information content (AvgIpc) is 2.92. The first kappa shape index (κ1) is 21.9. The molecule has 0 amide bonds. The van der Waals surface area contributed by atoms with Crippen molar-refractivity contribution >= 4 is 29.9 Å². The molecule has 0 saturated heterocycles. The third-order valence-electron chi connectivity index (χ3n) is 3.58. The van der Waals surface area contributed by atoms with E-state index in [-0.39, 0.29) is 24.0 Å². The van der Waals surface area contributed by atoms with Crippen LogP contribution >= 0.6 is 24.0 Å². The van der Waals surface area contributed by atoms with Crippen LogP contribution in [0.3, 0.4) is 0 Å². The number of hydrogen-bond acceptors (Lipinski definition) is 2. The smallest absolute Gasteiger partial charge is 0.193 e. The quantitative estimate of drug-likeness (QED) is 0.202. The number of aryl methyl sites for hydroxylation is 2. The van der Waals surface area contributed by atoms with Gasteiger partial charge in [0.1, 0.15) is 0 Å². The molecule has 23 heavy (non-hydrogen) atoms. The van der Waals surface area contributed by atoms with Crippen molar-refractivity contribution in [1.29, 1.82) is 0 Å². The molecule has 0 saturated carbocycles. The third-order valence-corrected chi connectivity index (χ3v) is 3.58. The number of aromatic nitrogens is 2. The van der Waals surface area contributed by atoms with Crippen LogP contribution in [0.15, 0.2) is 30.0 Å². The fraction of sp³-hybridized carbons (Fsp3) is 0.647. The number of aliphatic imine (C=N–C) groups is 1. The van der Waals surface area contributed by atoms with E-state index in [9.17, 15) is 0 Å². The maximum Gasteiger partial charge on any atom is 0.193 e. The molecule has 0 radical (unpaired) electrons. The number of unbranched alkanes of at least 4 members (excludes halogenated alkanes) is 3. The second-order valence-electron chi connectivity index (χ2n) is 5.67. The van der Waals surface area contributed by atoms with E-state index in [1.165, 1.54) is 24.8 Å². The summed E-state index contributed by atoms with van der Waals surface area (Å²) >= 11 is 0. The van der Waals surface area contributed by atoms with Gasteiger partial charge in [0.05, 0.1) is 6.20 Å². The molecule has 0 spiro atoms. The highest BCUT2D eigenvalue weighted by Gasteiger charge is 2.04. The molecule has 0 aliphatic heterocycles. The fourth-order valence-corrected chi connectivity index (χ4v) is 2.34. The molecule has 0 aliphatic carbocycles. The van der Waals surface area contributed by atoms with Crippen LogP contribution in [0.25, 0.3) is 0 Å². The van der Waals surface area contributed by atoms with E-state index in [4.69, 9.17) is 0 Å². The van der Waals surface area contributed by atoms with Crippen LogP contribution in [0.1, 0.15) is 37.7 Å². The Bertz CT molecular complexity index is 456. The SMILES string of the molecule is C=CCCCCCN(C)C(=NC)NCCCn1cc(C)cn1.I. The Morgan fingerprint density at radius 2 is 2.17 bits per heavy atom. The summed E-state index contributed by atoms with van der Waals surface area (Å²) in [6.07, 6.45) is 11.8. The van der Waals surface area contributed by atoms with E-state index in [0.29, 0.717) is 0 Å². The largest absolute Gasteiger partial charge is 0.356 e. The standard InChI is InChI=1S/C17H31N5.HI/c1-5-6-7-8-9-12-21(4)17(18-3)19-11-10-13-22-15-16(2)14-20-22;/h5,14-15H,1,6-13H2,2-4H3,(H,18,19);1H. The topological polar surface area (TPSA) is 45.5 Å². The molecule has 1 aromatic heterocycles. The lowest BCUT2D eigenvalue weighted by atomic mass is 10.2. The summed E-state index contributed by atoms with van der Waals surface area (Å²) in [6, 6.07) is 0. The second-order valence-corrected chi connectivity index (χ2v) is 5.67. The maximum atomic E-state index is 4.34. The van der Waals surface area contributed by atoms with Crippen molar-refractivity contribution in [2.45, 2.75) is 45.6 Å². The molecule has 0 atom stereocenters. The molecule has 1 aromatic rings. The van der Waals surface area contributed by atoms with Crippen LogP contribution in [0.2, 0.25) is 0 Å². The molecule has 0 bridgehead atoms. The van der Waals surface area contributed by atoms with Crippen LogP contribution in [0.5, 0.6) is 0 Å². The van der Waals surface area contributed by atoms with E-state index in [2.05, 4.69) is 47.1 Å². The van der Waals surface area contributed by atoms with Crippen molar-refractivity contribution in [1.82, 2.24) is 20.0 Å². The molecule has 1 heterocycles. The van der Waals surface area contributed by atoms with Gasteiger partial charge in [-0.2, -0.15) is 5.10 Å². The Morgan fingerprint density at radius 3 is 2.78 bits per heavy atom. The molecule has 0 fully saturated rings. The lowest BCUT2D eigenvalue weighted by Crippen LogP contribution is -2.40. The first-order chi connectivity index (χ1) is 10.7. The Balaban J connectivity index is 0.00000484. The summed E-state index contributed by atoms with van der Waals surface area (Å²) < 4.78 is 1.99. The van der Waals surface area contributed by atoms with E-state index >= 15 is 0 Å². The third kappa shape index (κ3) is 9.63. The van der Waals surface area contributed by atoms with Gasteiger partial charge in [0.25, 0.3) is 0 Å². The van der Waals surface area contributed by atoms with Crippen molar-refractivity contribution in [3.8, 4) is 0 Å². The highest BCUT2D eigenvalue weighted by atomic mass is 127. The van der Waals surface area contributed by atoms with Gasteiger partial charge in [-0.25, -0.2) is 0 Å². The average molecular weight is 433 g/mol. The van der Waals surface area contributed by atoms with Gasteiger partial charge in [-0.1, -0.05) is 12.5 Å². The monoisotopic (exact) mass is 433 g/mol.